The highest BCUT2D eigenvalue weighted by atomic mass is 79.9. The second kappa shape index (κ2) is 4.44. The van der Waals surface area contributed by atoms with E-state index in [0.717, 1.165) is 0 Å². The van der Waals surface area contributed by atoms with Crippen LogP contribution in [0.25, 0.3) is 0 Å². The number of pyridine rings is 1. The Kier molecular flexibility index (Phi) is 3.49. The summed E-state index contributed by atoms with van der Waals surface area (Å²) in [5.74, 6) is 0. The van der Waals surface area contributed by atoms with Crippen LogP contribution in [-0.2, 0) is 6.54 Å². The Morgan fingerprint density at radius 2 is 2.29 bits per heavy atom. The van der Waals surface area contributed by atoms with E-state index < -0.39 is 12.1 Å². The zero-order valence-electron chi connectivity index (χ0n) is 6.97. The van der Waals surface area contributed by atoms with Crippen LogP contribution in [0.15, 0.2) is 10.5 Å². The van der Waals surface area contributed by atoms with Crippen LogP contribution in [0, 0.1) is 11.3 Å². The van der Waals surface area contributed by atoms with Crippen LogP contribution in [0.5, 0.6) is 0 Å². The molecular weight excluding hydrogens is 256 g/mol. The van der Waals surface area contributed by atoms with E-state index >= 15 is 0 Å². The van der Waals surface area contributed by atoms with Crippen molar-refractivity contribution in [1.29, 1.82) is 5.26 Å². The molecule has 0 amide bonds. The quantitative estimate of drug-likeness (QED) is 0.887. The van der Waals surface area contributed by atoms with Gasteiger partial charge in [-0.2, -0.15) is 5.26 Å². The summed E-state index contributed by atoms with van der Waals surface area (Å²) in [6.45, 7) is 0.0809. The Hall–Kier alpha value is -1.06. The minimum atomic E-state index is -2.72. The van der Waals surface area contributed by atoms with Gasteiger partial charge in [-0.3, -0.25) is 0 Å². The highest BCUT2D eigenvalue weighted by Crippen LogP contribution is 2.28. The minimum absolute atomic E-state index is 0.0519. The normalized spacial score (nSPS) is 10.3. The van der Waals surface area contributed by atoms with Crippen molar-refractivity contribution in [3.05, 3.63) is 27.5 Å². The number of hydrogen-bond donors (Lipinski definition) is 1. The smallest absolute Gasteiger partial charge is 0.281 e. The first-order chi connectivity index (χ1) is 6.60. The zero-order valence-corrected chi connectivity index (χ0v) is 8.55. The lowest BCUT2D eigenvalue weighted by Crippen LogP contribution is -2.04. The predicted molar refractivity (Wildman–Crippen MR) is 49.5 cm³/mol. The fourth-order valence-electron chi connectivity index (χ4n) is 0.954. The Bertz CT molecular complexity index is 387. The summed E-state index contributed by atoms with van der Waals surface area (Å²) in [4.78, 5) is 3.49. The molecule has 1 aromatic rings. The van der Waals surface area contributed by atoms with Gasteiger partial charge in [-0.1, -0.05) is 0 Å². The number of nitriles is 1. The number of aromatic nitrogens is 1. The lowest BCUT2D eigenvalue weighted by Gasteiger charge is -2.07. The molecule has 1 rings (SSSR count). The highest BCUT2D eigenvalue weighted by Gasteiger charge is 2.17. The van der Waals surface area contributed by atoms with E-state index in [-0.39, 0.29) is 16.7 Å². The summed E-state index contributed by atoms with van der Waals surface area (Å²) in [6.07, 6.45) is -2.72. The van der Waals surface area contributed by atoms with Gasteiger partial charge in [0.2, 0.25) is 0 Å². The fraction of sp³-hybridized carbons (Fsp3) is 0.250. The van der Waals surface area contributed by atoms with Gasteiger partial charge >= 0.3 is 0 Å². The van der Waals surface area contributed by atoms with Crippen molar-refractivity contribution in [1.82, 2.24) is 4.98 Å². The second-order valence-corrected chi connectivity index (χ2v) is 3.28. The van der Waals surface area contributed by atoms with Crippen molar-refractivity contribution in [3.63, 3.8) is 0 Å². The van der Waals surface area contributed by atoms with Gasteiger partial charge in [0.1, 0.15) is 17.5 Å². The average Bonchev–Trinajstić information content (AvgIpc) is 2.17. The van der Waals surface area contributed by atoms with Crippen LogP contribution in [0.3, 0.4) is 0 Å². The van der Waals surface area contributed by atoms with Crippen molar-refractivity contribution >= 4 is 15.9 Å². The first-order valence-corrected chi connectivity index (χ1v) is 4.47. The molecule has 0 aromatic carbocycles. The van der Waals surface area contributed by atoms with Crippen LogP contribution < -0.4 is 5.73 Å². The molecule has 6 heteroatoms. The topological polar surface area (TPSA) is 62.7 Å². The minimum Gasteiger partial charge on any atom is -0.326 e. The summed E-state index contributed by atoms with van der Waals surface area (Å²) in [5.41, 5.74) is 5.29. The molecule has 2 N–H and O–H groups in total. The molecule has 0 aliphatic heterocycles. The summed E-state index contributed by atoms with van der Waals surface area (Å²) in [5, 5.41) is 8.54. The molecule has 0 fully saturated rings. The zero-order chi connectivity index (χ0) is 10.7. The van der Waals surface area contributed by atoms with E-state index in [1.165, 1.54) is 6.07 Å². The van der Waals surface area contributed by atoms with Crippen LogP contribution in [0.1, 0.15) is 23.4 Å². The van der Waals surface area contributed by atoms with Gasteiger partial charge in [-0.15, -0.1) is 0 Å². The molecule has 0 radical (unpaired) electrons. The molecule has 0 aliphatic rings. The number of nitrogens with zero attached hydrogens (tertiary/aromatic N) is 2. The van der Waals surface area contributed by atoms with Gasteiger partial charge in [0.15, 0.2) is 0 Å². The van der Waals surface area contributed by atoms with Gasteiger partial charge in [0.25, 0.3) is 6.43 Å². The Balaban J connectivity index is 3.36. The lowest BCUT2D eigenvalue weighted by molar-refractivity contribution is 0.145. The Morgan fingerprint density at radius 1 is 1.64 bits per heavy atom. The van der Waals surface area contributed by atoms with Gasteiger partial charge in [-0.25, -0.2) is 13.8 Å². The lowest BCUT2D eigenvalue weighted by atomic mass is 10.2. The van der Waals surface area contributed by atoms with Gasteiger partial charge in [-0.05, 0) is 27.6 Å². The molecule has 1 aromatic heterocycles. The van der Waals surface area contributed by atoms with Gasteiger partial charge < -0.3 is 5.73 Å². The number of alkyl halides is 2. The fourth-order valence-corrected chi connectivity index (χ4v) is 1.49. The standard InChI is InChI=1S/C8H6BrF2N3/c9-6-4(2-12)1-5(3-13)14-7(6)8(10)11/h1,8H,2,12H2. The van der Waals surface area contributed by atoms with Crippen LogP contribution in [-0.4, -0.2) is 4.98 Å². The third-order valence-corrected chi connectivity index (χ3v) is 2.52. The molecule has 0 saturated heterocycles. The summed E-state index contributed by atoms with van der Waals surface area (Å²) in [6, 6.07) is 3.09. The monoisotopic (exact) mass is 261 g/mol. The van der Waals surface area contributed by atoms with Crippen LogP contribution in [0.4, 0.5) is 8.78 Å². The first-order valence-electron chi connectivity index (χ1n) is 3.67. The van der Waals surface area contributed by atoms with E-state index in [0.29, 0.717) is 5.56 Å². The SMILES string of the molecule is N#Cc1cc(CN)c(Br)c(C(F)F)n1. The average molecular weight is 262 g/mol. The molecule has 0 bridgehead atoms. The maximum absolute atomic E-state index is 12.4. The van der Waals surface area contributed by atoms with Gasteiger partial charge in [0.05, 0.1) is 0 Å². The molecule has 0 unspecified atom stereocenters. The summed E-state index contributed by atoms with van der Waals surface area (Å²) >= 11 is 2.97. The molecule has 14 heavy (non-hydrogen) atoms. The van der Waals surface area contributed by atoms with E-state index in [4.69, 9.17) is 11.0 Å². The van der Waals surface area contributed by atoms with Crippen molar-refractivity contribution < 1.29 is 8.78 Å². The number of rotatable bonds is 2. The second-order valence-electron chi connectivity index (χ2n) is 2.48. The molecule has 74 valence electrons. The third-order valence-electron chi connectivity index (χ3n) is 1.60. The van der Waals surface area contributed by atoms with Crippen molar-refractivity contribution in [2.24, 2.45) is 5.73 Å². The van der Waals surface area contributed by atoms with Crippen LogP contribution >= 0.6 is 15.9 Å². The molecule has 0 aliphatic carbocycles. The summed E-state index contributed by atoms with van der Waals surface area (Å²) < 4.78 is 25.0. The third kappa shape index (κ3) is 2.05. The highest BCUT2D eigenvalue weighted by molar-refractivity contribution is 9.10. The van der Waals surface area contributed by atoms with Crippen molar-refractivity contribution in [2.75, 3.05) is 0 Å². The number of nitrogens with two attached hydrogens (primary N) is 1. The van der Waals surface area contributed by atoms with E-state index in [1.807, 2.05) is 0 Å². The predicted octanol–water partition coefficient (Wildman–Crippen LogP) is 2.11. The molecular formula is C8H6BrF2N3. The Morgan fingerprint density at radius 3 is 2.71 bits per heavy atom. The molecule has 3 nitrogen and oxygen atoms in total. The maximum Gasteiger partial charge on any atom is 0.281 e. The Labute approximate surface area is 87.7 Å². The maximum atomic E-state index is 12.4. The molecule has 1 heterocycles. The molecule has 0 atom stereocenters. The van der Waals surface area contributed by atoms with E-state index in [2.05, 4.69) is 20.9 Å². The molecule has 0 spiro atoms. The van der Waals surface area contributed by atoms with Crippen molar-refractivity contribution in [2.45, 2.75) is 13.0 Å². The van der Waals surface area contributed by atoms with E-state index in [1.54, 1.807) is 6.07 Å². The van der Waals surface area contributed by atoms with E-state index in [9.17, 15) is 8.78 Å². The van der Waals surface area contributed by atoms with Crippen LogP contribution in [0.2, 0.25) is 0 Å². The number of hydrogen-bond acceptors (Lipinski definition) is 3. The summed E-state index contributed by atoms with van der Waals surface area (Å²) in [7, 11) is 0. The largest absolute Gasteiger partial charge is 0.326 e. The number of halogens is 3. The first kappa shape index (κ1) is 11.0. The van der Waals surface area contributed by atoms with Crippen molar-refractivity contribution in [3.8, 4) is 6.07 Å². The van der Waals surface area contributed by atoms with Gasteiger partial charge in [0, 0.05) is 11.0 Å². The molecule has 0 saturated carbocycles.